The van der Waals surface area contributed by atoms with Crippen LogP contribution in [0.4, 0.5) is 5.69 Å². The SMILES string of the molecule is COc1ccc(C2CCCN2CC(=O)Nc2cccc(S(C)(=O)=O)c2)cc1. The molecule has 1 unspecified atom stereocenters. The van der Waals surface area contributed by atoms with Crippen molar-refractivity contribution in [1.29, 1.82) is 0 Å². The molecule has 1 heterocycles. The van der Waals surface area contributed by atoms with Crippen molar-refractivity contribution in [2.45, 2.75) is 23.8 Å². The van der Waals surface area contributed by atoms with Crippen molar-refractivity contribution in [2.24, 2.45) is 0 Å². The van der Waals surface area contributed by atoms with Gasteiger partial charge < -0.3 is 10.1 Å². The predicted octanol–water partition coefficient (Wildman–Crippen LogP) is 2.87. The van der Waals surface area contributed by atoms with Gasteiger partial charge in [0.25, 0.3) is 0 Å². The molecule has 1 fully saturated rings. The minimum Gasteiger partial charge on any atom is -0.497 e. The molecule has 0 bridgehead atoms. The highest BCUT2D eigenvalue weighted by Crippen LogP contribution is 2.32. The molecule has 2 aromatic rings. The van der Waals surface area contributed by atoms with Gasteiger partial charge in [-0.1, -0.05) is 18.2 Å². The molecule has 1 aliphatic heterocycles. The van der Waals surface area contributed by atoms with Gasteiger partial charge in [0.1, 0.15) is 5.75 Å². The van der Waals surface area contributed by atoms with Crippen LogP contribution in [0.1, 0.15) is 24.4 Å². The second kappa shape index (κ2) is 8.10. The normalized spacial score (nSPS) is 17.6. The van der Waals surface area contributed by atoms with E-state index in [0.29, 0.717) is 5.69 Å². The van der Waals surface area contributed by atoms with E-state index in [9.17, 15) is 13.2 Å². The molecule has 27 heavy (non-hydrogen) atoms. The van der Waals surface area contributed by atoms with Crippen molar-refractivity contribution in [3.05, 3.63) is 54.1 Å². The van der Waals surface area contributed by atoms with Gasteiger partial charge in [0.05, 0.1) is 18.6 Å². The molecule has 144 valence electrons. The number of rotatable bonds is 6. The average molecular weight is 388 g/mol. The van der Waals surface area contributed by atoms with E-state index in [4.69, 9.17) is 4.74 Å². The van der Waals surface area contributed by atoms with Crippen LogP contribution in [0.2, 0.25) is 0 Å². The van der Waals surface area contributed by atoms with E-state index in [-0.39, 0.29) is 23.4 Å². The number of hydrogen-bond donors (Lipinski definition) is 1. The van der Waals surface area contributed by atoms with E-state index in [1.807, 2.05) is 24.3 Å². The van der Waals surface area contributed by atoms with Gasteiger partial charge in [-0.2, -0.15) is 0 Å². The summed E-state index contributed by atoms with van der Waals surface area (Å²) in [6, 6.07) is 14.5. The van der Waals surface area contributed by atoms with E-state index < -0.39 is 9.84 Å². The summed E-state index contributed by atoms with van der Waals surface area (Å²) in [6.07, 6.45) is 3.19. The lowest BCUT2D eigenvalue weighted by Gasteiger charge is -2.24. The second-order valence-corrected chi connectivity index (χ2v) is 8.77. The lowest BCUT2D eigenvalue weighted by Crippen LogP contribution is -2.32. The van der Waals surface area contributed by atoms with Crippen LogP contribution in [0, 0.1) is 0 Å². The molecule has 1 N–H and O–H groups in total. The Bertz CT molecular complexity index is 910. The zero-order valence-electron chi connectivity index (χ0n) is 15.5. The largest absolute Gasteiger partial charge is 0.497 e. The van der Waals surface area contributed by atoms with Crippen LogP contribution in [0.5, 0.6) is 5.75 Å². The number of anilines is 1. The maximum atomic E-state index is 12.5. The minimum atomic E-state index is -3.31. The van der Waals surface area contributed by atoms with Gasteiger partial charge in [0, 0.05) is 18.0 Å². The number of amides is 1. The summed E-state index contributed by atoms with van der Waals surface area (Å²) in [5.74, 6) is 0.660. The monoisotopic (exact) mass is 388 g/mol. The van der Waals surface area contributed by atoms with Crippen LogP contribution >= 0.6 is 0 Å². The summed E-state index contributed by atoms with van der Waals surface area (Å²) in [6.45, 7) is 1.12. The van der Waals surface area contributed by atoms with E-state index >= 15 is 0 Å². The van der Waals surface area contributed by atoms with Gasteiger partial charge in [-0.25, -0.2) is 8.42 Å². The van der Waals surface area contributed by atoms with Crippen molar-refractivity contribution < 1.29 is 17.9 Å². The third-order valence-electron chi connectivity index (χ3n) is 4.76. The zero-order valence-corrected chi connectivity index (χ0v) is 16.3. The Morgan fingerprint density at radius 1 is 1.22 bits per heavy atom. The first-order chi connectivity index (χ1) is 12.9. The molecule has 0 aromatic heterocycles. The van der Waals surface area contributed by atoms with Crippen molar-refractivity contribution in [2.75, 3.05) is 31.8 Å². The summed E-state index contributed by atoms with van der Waals surface area (Å²) in [5.41, 5.74) is 1.66. The molecule has 1 aliphatic rings. The van der Waals surface area contributed by atoms with Crippen LogP contribution in [-0.2, 0) is 14.6 Å². The van der Waals surface area contributed by atoms with E-state index in [2.05, 4.69) is 10.2 Å². The van der Waals surface area contributed by atoms with Crippen molar-refractivity contribution >= 4 is 21.4 Å². The van der Waals surface area contributed by atoms with Gasteiger partial charge in [-0.3, -0.25) is 9.69 Å². The highest BCUT2D eigenvalue weighted by atomic mass is 32.2. The Morgan fingerprint density at radius 2 is 1.96 bits per heavy atom. The molecule has 0 saturated carbocycles. The number of carbonyl (C=O) groups is 1. The zero-order chi connectivity index (χ0) is 19.4. The standard InChI is InChI=1S/C20H24N2O4S/c1-26-17-10-8-15(9-11-17)19-7-4-12-22(19)14-20(23)21-16-5-3-6-18(13-16)27(2,24)25/h3,5-6,8-11,13,19H,4,7,12,14H2,1-2H3,(H,21,23). The van der Waals surface area contributed by atoms with Crippen LogP contribution in [0.3, 0.4) is 0 Å². The average Bonchev–Trinajstić information content (AvgIpc) is 3.09. The molecule has 1 atom stereocenters. The summed E-state index contributed by atoms with van der Waals surface area (Å²) in [5, 5.41) is 2.81. The van der Waals surface area contributed by atoms with Crippen molar-refractivity contribution in [3.8, 4) is 5.75 Å². The Kier molecular flexibility index (Phi) is 5.82. The fourth-order valence-electron chi connectivity index (χ4n) is 3.41. The van der Waals surface area contributed by atoms with Crippen molar-refractivity contribution in [1.82, 2.24) is 4.90 Å². The number of methoxy groups -OCH3 is 1. The van der Waals surface area contributed by atoms with E-state index in [0.717, 1.165) is 31.4 Å². The third-order valence-corrected chi connectivity index (χ3v) is 5.87. The fraction of sp³-hybridized carbons (Fsp3) is 0.350. The highest BCUT2D eigenvalue weighted by Gasteiger charge is 2.27. The Morgan fingerprint density at radius 3 is 2.63 bits per heavy atom. The van der Waals surface area contributed by atoms with Crippen molar-refractivity contribution in [3.63, 3.8) is 0 Å². The summed E-state index contributed by atoms with van der Waals surface area (Å²) in [7, 11) is -1.67. The molecule has 0 aliphatic carbocycles. The second-order valence-electron chi connectivity index (χ2n) is 6.75. The molecular weight excluding hydrogens is 364 g/mol. The molecule has 0 spiro atoms. The number of carbonyl (C=O) groups excluding carboxylic acids is 1. The number of ether oxygens (including phenoxy) is 1. The molecule has 1 amide bonds. The Hall–Kier alpha value is -2.38. The number of nitrogens with one attached hydrogen (secondary N) is 1. The Balaban J connectivity index is 1.66. The summed E-state index contributed by atoms with van der Waals surface area (Å²) >= 11 is 0. The van der Waals surface area contributed by atoms with Crippen LogP contribution in [-0.4, -0.2) is 45.7 Å². The number of sulfone groups is 1. The number of benzene rings is 2. The van der Waals surface area contributed by atoms with Gasteiger partial charge >= 0.3 is 0 Å². The van der Waals surface area contributed by atoms with Crippen LogP contribution in [0.25, 0.3) is 0 Å². The van der Waals surface area contributed by atoms with E-state index in [1.165, 1.54) is 17.7 Å². The Labute approximate surface area is 160 Å². The topological polar surface area (TPSA) is 75.7 Å². The first kappa shape index (κ1) is 19.4. The number of nitrogens with zero attached hydrogens (tertiary/aromatic N) is 1. The van der Waals surface area contributed by atoms with Gasteiger partial charge in [0.2, 0.25) is 5.91 Å². The smallest absolute Gasteiger partial charge is 0.238 e. The number of hydrogen-bond acceptors (Lipinski definition) is 5. The molecule has 6 nitrogen and oxygen atoms in total. The summed E-state index contributed by atoms with van der Waals surface area (Å²) in [4.78, 5) is 14.8. The fourth-order valence-corrected chi connectivity index (χ4v) is 4.08. The van der Waals surface area contributed by atoms with Crippen LogP contribution in [0.15, 0.2) is 53.4 Å². The van der Waals surface area contributed by atoms with Gasteiger partial charge in [0.15, 0.2) is 9.84 Å². The molecule has 2 aromatic carbocycles. The maximum absolute atomic E-state index is 12.5. The molecular formula is C20H24N2O4S. The lowest BCUT2D eigenvalue weighted by molar-refractivity contribution is -0.117. The quantitative estimate of drug-likeness (QED) is 0.824. The molecule has 1 saturated heterocycles. The maximum Gasteiger partial charge on any atom is 0.238 e. The first-order valence-electron chi connectivity index (χ1n) is 8.85. The highest BCUT2D eigenvalue weighted by molar-refractivity contribution is 7.90. The first-order valence-corrected chi connectivity index (χ1v) is 10.7. The van der Waals surface area contributed by atoms with Gasteiger partial charge in [-0.15, -0.1) is 0 Å². The summed E-state index contributed by atoms with van der Waals surface area (Å²) < 4.78 is 28.5. The molecule has 7 heteroatoms. The molecule has 3 rings (SSSR count). The van der Waals surface area contributed by atoms with Crippen LogP contribution < -0.4 is 10.1 Å². The number of likely N-dealkylation sites (tertiary alicyclic amines) is 1. The minimum absolute atomic E-state index is 0.152. The van der Waals surface area contributed by atoms with E-state index in [1.54, 1.807) is 19.2 Å². The third kappa shape index (κ3) is 4.87. The predicted molar refractivity (Wildman–Crippen MR) is 105 cm³/mol. The van der Waals surface area contributed by atoms with Gasteiger partial charge in [-0.05, 0) is 55.3 Å². The lowest BCUT2D eigenvalue weighted by atomic mass is 10.0. The molecule has 0 radical (unpaired) electrons.